The summed E-state index contributed by atoms with van der Waals surface area (Å²) >= 11 is 0. The van der Waals surface area contributed by atoms with Crippen molar-refractivity contribution < 1.29 is 4.79 Å². The second kappa shape index (κ2) is 10.3. The van der Waals surface area contributed by atoms with Gasteiger partial charge >= 0.3 is 0 Å². The van der Waals surface area contributed by atoms with Crippen LogP contribution in [0, 0.1) is 0 Å². The fraction of sp³-hybridized carbons (Fsp3) is 0.172. The third-order valence-corrected chi connectivity index (χ3v) is 6.74. The number of nitrogens with one attached hydrogen (secondary N) is 1. The van der Waals surface area contributed by atoms with Crippen LogP contribution in [0.5, 0.6) is 0 Å². The number of benzene rings is 3. The van der Waals surface area contributed by atoms with Crippen molar-refractivity contribution in [3.8, 4) is 0 Å². The number of aromatic nitrogens is 2. The van der Waals surface area contributed by atoms with Gasteiger partial charge in [-0.2, -0.15) is 0 Å². The molecule has 1 N–H and O–H groups in total. The van der Waals surface area contributed by atoms with Crippen molar-refractivity contribution in [1.29, 1.82) is 0 Å². The summed E-state index contributed by atoms with van der Waals surface area (Å²) in [6.07, 6.45) is 6.89. The molecule has 1 amide bonds. The Morgan fingerprint density at radius 1 is 1.00 bits per heavy atom. The van der Waals surface area contributed by atoms with Gasteiger partial charge in [0.1, 0.15) is 0 Å². The number of halogens is 1. The highest BCUT2D eigenvalue weighted by atomic mass is 35.5. The molecule has 0 fully saturated rings. The number of carbonyl (C=O) groups excluding carboxylic acids is 1. The number of hydrogen-bond acceptors (Lipinski definition) is 4. The van der Waals surface area contributed by atoms with Gasteiger partial charge in [-0.3, -0.25) is 9.79 Å². The molecule has 7 heteroatoms. The van der Waals surface area contributed by atoms with Crippen molar-refractivity contribution in [1.82, 2.24) is 14.9 Å². The highest BCUT2D eigenvalue weighted by molar-refractivity contribution is 6.38. The van der Waals surface area contributed by atoms with Gasteiger partial charge in [-0.25, -0.2) is 9.98 Å². The number of aliphatic imine (C=N–C) groups is 2. The Morgan fingerprint density at radius 2 is 1.81 bits per heavy atom. The molecule has 1 unspecified atom stereocenters. The number of amides is 1. The molecule has 0 saturated heterocycles. The Hall–Kier alpha value is -4.03. The molecule has 1 aromatic heterocycles. The van der Waals surface area contributed by atoms with Gasteiger partial charge in [0, 0.05) is 42.2 Å². The number of rotatable bonds is 4. The lowest BCUT2D eigenvalue weighted by atomic mass is 9.94. The predicted molar refractivity (Wildman–Crippen MR) is 146 cm³/mol. The Bertz CT molecular complexity index is 1470. The minimum Gasteiger partial charge on any atom is -0.348 e. The van der Waals surface area contributed by atoms with E-state index in [-0.39, 0.29) is 24.4 Å². The van der Waals surface area contributed by atoms with E-state index in [4.69, 9.17) is 9.98 Å². The summed E-state index contributed by atoms with van der Waals surface area (Å²) in [5, 5.41) is 2.05. The van der Waals surface area contributed by atoms with Crippen LogP contribution in [-0.2, 0) is 6.42 Å². The van der Waals surface area contributed by atoms with Gasteiger partial charge in [0.2, 0.25) is 0 Å². The van der Waals surface area contributed by atoms with E-state index in [1.165, 1.54) is 5.57 Å². The highest BCUT2D eigenvalue weighted by Gasteiger charge is 2.30. The molecule has 2 aliphatic heterocycles. The van der Waals surface area contributed by atoms with E-state index < -0.39 is 0 Å². The summed E-state index contributed by atoms with van der Waals surface area (Å²) in [6, 6.07) is 24.0. The number of imidazole rings is 1. The maximum Gasteiger partial charge on any atom is 0.254 e. The molecular weight excluding hydrogens is 470 g/mol. The Morgan fingerprint density at radius 3 is 2.64 bits per heavy atom. The first kappa shape index (κ1) is 23.7. The van der Waals surface area contributed by atoms with E-state index in [1.807, 2.05) is 90.1 Å². The third-order valence-electron chi connectivity index (χ3n) is 6.74. The van der Waals surface area contributed by atoms with Crippen molar-refractivity contribution in [3.63, 3.8) is 0 Å². The van der Waals surface area contributed by atoms with Crippen LogP contribution in [-0.4, -0.2) is 51.8 Å². The van der Waals surface area contributed by atoms with Gasteiger partial charge in [0.25, 0.3) is 5.91 Å². The Balaban J connectivity index is 0.00000267. The lowest BCUT2D eigenvalue weighted by molar-refractivity contribution is 0.0763. The van der Waals surface area contributed by atoms with E-state index in [2.05, 4.69) is 9.97 Å². The molecule has 180 valence electrons. The zero-order valence-corrected chi connectivity index (χ0v) is 20.5. The summed E-state index contributed by atoms with van der Waals surface area (Å²) in [5.41, 5.74) is 5.75. The number of hydrogen-bond donors (Lipinski definition) is 1. The first-order chi connectivity index (χ1) is 17.3. The maximum atomic E-state index is 13.7. The van der Waals surface area contributed by atoms with Gasteiger partial charge in [0.05, 0.1) is 30.3 Å². The largest absolute Gasteiger partial charge is 0.348 e. The van der Waals surface area contributed by atoms with E-state index >= 15 is 0 Å². The Kier molecular flexibility index (Phi) is 6.78. The van der Waals surface area contributed by atoms with Crippen LogP contribution in [0.1, 0.15) is 28.0 Å². The predicted octanol–water partition coefficient (Wildman–Crippen LogP) is 5.27. The van der Waals surface area contributed by atoms with Crippen LogP contribution in [0.2, 0.25) is 0 Å². The summed E-state index contributed by atoms with van der Waals surface area (Å²) in [4.78, 5) is 33.0. The zero-order chi connectivity index (χ0) is 23.6. The molecule has 36 heavy (non-hydrogen) atoms. The van der Waals surface area contributed by atoms with Crippen molar-refractivity contribution >= 4 is 41.0 Å². The summed E-state index contributed by atoms with van der Waals surface area (Å²) < 4.78 is 0. The second-order valence-electron chi connectivity index (χ2n) is 8.91. The van der Waals surface area contributed by atoms with Crippen molar-refractivity contribution in [2.24, 2.45) is 9.98 Å². The van der Waals surface area contributed by atoms with Crippen LogP contribution >= 0.6 is 12.4 Å². The lowest BCUT2D eigenvalue weighted by Gasteiger charge is -2.31. The third kappa shape index (κ3) is 4.60. The number of aromatic amines is 1. The van der Waals surface area contributed by atoms with Crippen LogP contribution in [0.25, 0.3) is 10.8 Å². The number of carbonyl (C=O) groups is 1. The van der Waals surface area contributed by atoms with E-state index in [1.54, 1.807) is 6.33 Å². The fourth-order valence-corrected chi connectivity index (χ4v) is 4.94. The van der Waals surface area contributed by atoms with E-state index in [0.717, 1.165) is 51.8 Å². The van der Waals surface area contributed by atoms with Crippen molar-refractivity contribution in [2.75, 3.05) is 13.1 Å². The molecule has 0 aliphatic carbocycles. The first-order valence-corrected chi connectivity index (χ1v) is 11.9. The number of H-pyrrole nitrogens is 1. The van der Waals surface area contributed by atoms with Crippen LogP contribution in [0.15, 0.2) is 107 Å². The fourth-order valence-electron chi connectivity index (χ4n) is 4.94. The molecule has 3 heterocycles. The molecule has 3 aromatic carbocycles. The standard InChI is InChI=1S/C29H25N5O.ClH/c35-29(24-12-6-10-20-7-4-5-11-23(20)24)34-14-13-25-26(15-22-16-30-19-32-22)31-17-27(33-28(25)18-34)21-8-2-1-3-9-21;/h1-12,16-17,19,26H,13-15,18H2,(H,30,32);1H. The average molecular weight is 496 g/mol. The molecule has 6 rings (SSSR count). The zero-order valence-electron chi connectivity index (χ0n) is 19.7. The van der Waals surface area contributed by atoms with E-state index in [9.17, 15) is 4.79 Å². The lowest BCUT2D eigenvalue weighted by Crippen LogP contribution is -2.38. The van der Waals surface area contributed by atoms with Crippen LogP contribution in [0.4, 0.5) is 0 Å². The molecule has 1 atom stereocenters. The molecule has 4 aromatic rings. The topological polar surface area (TPSA) is 73.7 Å². The van der Waals surface area contributed by atoms with Gasteiger partial charge in [-0.1, -0.05) is 66.7 Å². The molecule has 6 nitrogen and oxygen atoms in total. The van der Waals surface area contributed by atoms with Crippen molar-refractivity contribution in [3.05, 3.63) is 113 Å². The normalized spacial score (nSPS) is 17.3. The molecule has 0 bridgehead atoms. The van der Waals surface area contributed by atoms with Gasteiger partial charge in [0.15, 0.2) is 0 Å². The summed E-state index contributed by atoms with van der Waals surface area (Å²) in [7, 11) is 0. The summed E-state index contributed by atoms with van der Waals surface area (Å²) in [5.74, 6) is 0.0418. The first-order valence-electron chi connectivity index (χ1n) is 11.9. The summed E-state index contributed by atoms with van der Waals surface area (Å²) in [6.45, 7) is 1.11. The minimum atomic E-state index is -0.0368. The molecule has 0 radical (unpaired) electrons. The molecular formula is C29H26ClN5O. The van der Waals surface area contributed by atoms with Gasteiger partial charge in [-0.15, -0.1) is 12.4 Å². The maximum absolute atomic E-state index is 13.7. The van der Waals surface area contributed by atoms with Crippen LogP contribution in [0.3, 0.4) is 0 Å². The van der Waals surface area contributed by atoms with Gasteiger partial charge in [-0.05, 0) is 28.8 Å². The second-order valence-corrected chi connectivity index (χ2v) is 8.91. The van der Waals surface area contributed by atoms with E-state index in [0.29, 0.717) is 13.1 Å². The minimum absolute atomic E-state index is 0. The molecule has 0 spiro atoms. The van der Waals surface area contributed by atoms with Gasteiger partial charge < -0.3 is 9.88 Å². The molecule has 0 saturated carbocycles. The highest BCUT2D eigenvalue weighted by Crippen LogP contribution is 2.30. The number of fused-ring (bicyclic) bond motifs is 1. The molecule has 2 aliphatic rings. The smallest absolute Gasteiger partial charge is 0.254 e. The quantitative estimate of drug-likeness (QED) is 0.419. The number of nitrogens with zero attached hydrogens (tertiary/aromatic N) is 4. The SMILES string of the molecule is Cl.O=C(c1cccc2ccccc12)N1CCC2=C(C1)N=C(c1ccccc1)C=NC2Cc1cnc[nH]1. The monoisotopic (exact) mass is 495 g/mol. The van der Waals surface area contributed by atoms with Crippen LogP contribution < -0.4 is 0 Å². The van der Waals surface area contributed by atoms with Crippen molar-refractivity contribution in [2.45, 2.75) is 18.9 Å². The average Bonchev–Trinajstić information content (AvgIpc) is 3.36. The Labute approximate surface area is 215 Å².